The van der Waals surface area contributed by atoms with Gasteiger partial charge in [-0.3, -0.25) is 19.4 Å². The molecule has 0 N–H and O–H groups in total. The van der Waals surface area contributed by atoms with E-state index < -0.39 is 17.8 Å². The first-order valence-corrected chi connectivity index (χ1v) is 5.41. The van der Waals surface area contributed by atoms with E-state index >= 15 is 0 Å². The van der Waals surface area contributed by atoms with Crippen molar-refractivity contribution >= 4 is 17.8 Å². The van der Waals surface area contributed by atoms with Crippen LogP contribution in [0.15, 0.2) is 24.5 Å². The fraction of sp³-hybridized carbons (Fsp3) is 0.333. The molecule has 1 aromatic heterocycles. The van der Waals surface area contributed by atoms with Gasteiger partial charge in [0.15, 0.2) is 0 Å². The van der Waals surface area contributed by atoms with E-state index in [1.165, 1.54) is 32.7 Å². The number of nitrogens with zero attached hydrogens (tertiary/aromatic N) is 2. The highest BCUT2D eigenvalue weighted by molar-refractivity contribution is 5.97. The predicted octanol–water partition coefficient (Wildman–Crippen LogP) is -0.130. The molecule has 1 amide bonds. The van der Waals surface area contributed by atoms with E-state index in [0.29, 0.717) is 0 Å². The highest BCUT2D eigenvalue weighted by Gasteiger charge is 2.22. The highest BCUT2D eigenvalue weighted by Crippen LogP contribution is 2.03. The number of hydrogen-bond acceptors (Lipinski definition) is 6. The maximum atomic E-state index is 12.1. The molecule has 19 heavy (non-hydrogen) atoms. The van der Waals surface area contributed by atoms with E-state index in [-0.39, 0.29) is 18.7 Å². The Kier molecular flexibility index (Phi) is 5.46. The van der Waals surface area contributed by atoms with Gasteiger partial charge in [0.05, 0.1) is 19.8 Å². The molecule has 0 bridgehead atoms. The van der Waals surface area contributed by atoms with Crippen molar-refractivity contribution in [2.24, 2.45) is 0 Å². The number of ether oxygens (including phenoxy) is 2. The van der Waals surface area contributed by atoms with Gasteiger partial charge in [-0.15, -0.1) is 0 Å². The van der Waals surface area contributed by atoms with Crippen molar-refractivity contribution in [2.45, 2.75) is 0 Å². The Balaban J connectivity index is 2.86. The molecular weight excluding hydrogens is 252 g/mol. The second-order valence-corrected chi connectivity index (χ2v) is 3.56. The van der Waals surface area contributed by atoms with Crippen molar-refractivity contribution in [3.63, 3.8) is 0 Å². The standard InChI is InChI=1S/C12H14N2O5/c1-18-10(15)7-14(8-11(16)19-2)12(17)9-4-3-5-13-6-9/h3-6H,7-8H2,1-2H3. The largest absolute Gasteiger partial charge is 0.468 e. The van der Waals surface area contributed by atoms with Gasteiger partial charge >= 0.3 is 11.9 Å². The minimum atomic E-state index is -0.624. The van der Waals surface area contributed by atoms with E-state index in [4.69, 9.17) is 0 Å². The zero-order valence-corrected chi connectivity index (χ0v) is 10.7. The van der Waals surface area contributed by atoms with E-state index in [1.807, 2.05) is 0 Å². The molecule has 0 atom stereocenters. The lowest BCUT2D eigenvalue weighted by Crippen LogP contribution is -2.40. The Labute approximate surface area is 110 Å². The molecule has 7 heteroatoms. The molecule has 0 saturated carbocycles. The summed E-state index contributed by atoms with van der Waals surface area (Å²) in [5, 5.41) is 0. The molecule has 1 rings (SSSR count). The third-order valence-electron chi connectivity index (χ3n) is 2.29. The Bertz CT molecular complexity index is 442. The molecule has 0 radical (unpaired) electrons. The number of carbonyl (C=O) groups excluding carboxylic acids is 3. The molecular formula is C12H14N2O5. The summed E-state index contributed by atoms with van der Waals surface area (Å²) in [6.07, 6.45) is 2.87. The number of esters is 2. The average Bonchev–Trinajstić information content (AvgIpc) is 2.46. The van der Waals surface area contributed by atoms with Gasteiger partial charge in [0.25, 0.3) is 5.91 Å². The van der Waals surface area contributed by atoms with Crippen LogP contribution in [0, 0.1) is 0 Å². The van der Waals surface area contributed by atoms with Gasteiger partial charge in [0, 0.05) is 12.4 Å². The molecule has 1 heterocycles. The van der Waals surface area contributed by atoms with Crippen LogP contribution < -0.4 is 0 Å². The number of rotatable bonds is 5. The molecule has 0 fully saturated rings. The summed E-state index contributed by atoms with van der Waals surface area (Å²) in [4.78, 5) is 39.4. The van der Waals surface area contributed by atoms with Crippen molar-refractivity contribution in [2.75, 3.05) is 27.3 Å². The van der Waals surface area contributed by atoms with Crippen LogP contribution in [0.4, 0.5) is 0 Å². The van der Waals surface area contributed by atoms with E-state index in [2.05, 4.69) is 14.5 Å². The van der Waals surface area contributed by atoms with Gasteiger partial charge in [-0.2, -0.15) is 0 Å². The highest BCUT2D eigenvalue weighted by atomic mass is 16.5. The zero-order chi connectivity index (χ0) is 14.3. The van der Waals surface area contributed by atoms with Crippen molar-refractivity contribution in [1.29, 1.82) is 0 Å². The number of carbonyl (C=O) groups is 3. The molecule has 0 aliphatic rings. The van der Waals surface area contributed by atoms with Crippen molar-refractivity contribution in [1.82, 2.24) is 9.88 Å². The summed E-state index contributed by atoms with van der Waals surface area (Å²) < 4.78 is 8.96. The zero-order valence-electron chi connectivity index (χ0n) is 10.7. The summed E-state index contributed by atoms with van der Waals surface area (Å²) in [7, 11) is 2.40. The van der Waals surface area contributed by atoms with Crippen LogP contribution in [-0.4, -0.2) is 55.0 Å². The van der Waals surface area contributed by atoms with Gasteiger partial charge in [0.1, 0.15) is 13.1 Å². The molecule has 0 aliphatic heterocycles. The monoisotopic (exact) mass is 266 g/mol. The molecule has 0 saturated heterocycles. The third-order valence-corrected chi connectivity index (χ3v) is 2.29. The second kappa shape index (κ2) is 7.10. The summed E-state index contributed by atoms with van der Waals surface area (Å²) in [5.41, 5.74) is 0.273. The topological polar surface area (TPSA) is 85.8 Å². The van der Waals surface area contributed by atoms with Crippen LogP contribution in [0.1, 0.15) is 10.4 Å². The lowest BCUT2D eigenvalue weighted by atomic mass is 10.2. The minimum absolute atomic E-state index is 0.273. The Morgan fingerprint density at radius 3 is 2.16 bits per heavy atom. The fourth-order valence-electron chi connectivity index (χ4n) is 1.31. The number of amides is 1. The molecule has 0 unspecified atom stereocenters. The molecule has 0 spiro atoms. The Morgan fingerprint density at radius 2 is 1.74 bits per heavy atom. The maximum absolute atomic E-state index is 12.1. The van der Waals surface area contributed by atoms with Gasteiger partial charge in [-0.05, 0) is 12.1 Å². The number of hydrogen-bond donors (Lipinski definition) is 0. The third kappa shape index (κ3) is 4.38. The van der Waals surface area contributed by atoms with E-state index in [1.54, 1.807) is 6.07 Å². The van der Waals surface area contributed by atoms with Gasteiger partial charge in [-0.25, -0.2) is 0 Å². The molecule has 1 aromatic rings. The smallest absolute Gasteiger partial charge is 0.325 e. The van der Waals surface area contributed by atoms with Crippen LogP contribution in [0.25, 0.3) is 0 Å². The van der Waals surface area contributed by atoms with Crippen LogP contribution >= 0.6 is 0 Å². The molecule has 0 aliphatic carbocycles. The minimum Gasteiger partial charge on any atom is -0.468 e. The number of pyridine rings is 1. The van der Waals surface area contributed by atoms with Crippen LogP contribution in [0.2, 0.25) is 0 Å². The number of methoxy groups -OCH3 is 2. The lowest BCUT2D eigenvalue weighted by molar-refractivity contribution is -0.144. The molecule has 7 nitrogen and oxygen atoms in total. The first-order chi connectivity index (χ1) is 9.08. The second-order valence-electron chi connectivity index (χ2n) is 3.56. The first-order valence-electron chi connectivity index (χ1n) is 5.41. The SMILES string of the molecule is COC(=O)CN(CC(=O)OC)C(=O)c1cccnc1. The van der Waals surface area contributed by atoms with Gasteiger partial charge < -0.3 is 14.4 Å². The predicted molar refractivity (Wildman–Crippen MR) is 64.2 cm³/mol. The molecule has 102 valence electrons. The van der Waals surface area contributed by atoms with Crippen molar-refractivity contribution < 1.29 is 23.9 Å². The Hall–Kier alpha value is -2.44. The molecule has 0 aromatic carbocycles. The Morgan fingerprint density at radius 1 is 1.16 bits per heavy atom. The van der Waals surface area contributed by atoms with Crippen molar-refractivity contribution in [3.05, 3.63) is 30.1 Å². The normalized spacial score (nSPS) is 9.58. The van der Waals surface area contributed by atoms with E-state index in [9.17, 15) is 14.4 Å². The summed E-state index contributed by atoms with van der Waals surface area (Å²) in [5.74, 6) is -1.74. The lowest BCUT2D eigenvalue weighted by Gasteiger charge is -2.19. The number of aromatic nitrogens is 1. The van der Waals surface area contributed by atoms with Crippen LogP contribution in [0.3, 0.4) is 0 Å². The van der Waals surface area contributed by atoms with Crippen molar-refractivity contribution in [3.8, 4) is 0 Å². The summed E-state index contributed by atoms with van der Waals surface area (Å²) >= 11 is 0. The van der Waals surface area contributed by atoms with E-state index in [0.717, 1.165) is 4.90 Å². The van der Waals surface area contributed by atoms with Gasteiger partial charge in [0.2, 0.25) is 0 Å². The summed E-state index contributed by atoms with van der Waals surface area (Å²) in [6, 6.07) is 3.12. The fourth-order valence-corrected chi connectivity index (χ4v) is 1.31. The summed E-state index contributed by atoms with van der Waals surface area (Å²) in [6.45, 7) is -0.668. The van der Waals surface area contributed by atoms with Gasteiger partial charge in [-0.1, -0.05) is 0 Å². The maximum Gasteiger partial charge on any atom is 0.325 e. The average molecular weight is 266 g/mol. The van der Waals surface area contributed by atoms with Crippen LogP contribution in [0.5, 0.6) is 0 Å². The first kappa shape index (κ1) is 14.6. The quantitative estimate of drug-likeness (QED) is 0.690. The van der Waals surface area contributed by atoms with Crippen LogP contribution in [-0.2, 0) is 19.1 Å².